The van der Waals surface area contributed by atoms with Gasteiger partial charge in [-0.1, -0.05) is 17.7 Å². The fourth-order valence-corrected chi connectivity index (χ4v) is 3.76. The van der Waals surface area contributed by atoms with Crippen molar-refractivity contribution in [3.8, 4) is 0 Å². The smallest absolute Gasteiger partial charge is 0.0429 e. The molecule has 1 aromatic carbocycles. The Bertz CT molecular complexity index is 450. The molecule has 0 radical (unpaired) electrons. The highest BCUT2D eigenvalue weighted by Crippen LogP contribution is 2.24. The summed E-state index contributed by atoms with van der Waals surface area (Å²) >= 11 is 0. The number of aryl methyl sites for hydroxylation is 3. The van der Waals surface area contributed by atoms with E-state index in [1.54, 1.807) is 0 Å². The van der Waals surface area contributed by atoms with Crippen molar-refractivity contribution in [3.63, 3.8) is 0 Å². The average molecular weight is 289 g/mol. The topological polar surface area (TPSA) is 32.5 Å². The maximum Gasteiger partial charge on any atom is 0.0429 e. The largest absolute Gasteiger partial charge is 0.323 e. The number of hydrogen-bond donors (Lipinski definition) is 1. The van der Waals surface area contributed by atoms with Crippen LogP contribution in [0.2, 0.25) is 0 Å². The van der Waals surface area contributed by atoms with Gasteiger partial charge in [-0.3, -0.25) is 0 Å². The monoisotopic (exact) mass is 289 g/mol. The lowest BCUT2D eigenvalue weighted by Crippen LogP contribution is -2.44. The molecule has 1 fully saturated rings. The van der Waals surface area contributed by atoms with Gasteiger partial charge >= 0.3 is 0 Å². The summed E-state index contributed by atoms with van der Waals surface area (Å²) in [6, 6.07) is 5.36. The molecule has 21 heavy (non-hydrogen) atoms. The van der Waals surface area contributed by atoms with E-state index in [2.05, 4.69) is 56.8 Å². The third kappa shape index (κ3) is 4.06. The predicted octanol–water partition coefficient (Wildman–Crippen LogP) is 2.64. The molecule has 0 bridgehead atoms. The summed E-state index contributed by atoms with van der Waals surface area (Å²) in [7, 11) is 4.37. The molecule has 2 N–H and O–H groups in total. The van der Waals surface area contributed by atoms with Crippen molar-refractivity contribution < 1.29 is 0 Å². The Morgan fingerprint density at radius 3 is 2.14 bits per heavy atom. The van der Waals surface area contributed by atoms with Crippen molar-refractivity contribution in [2.45, 2.75) is 45.7 Å². The van der Waals surface area contributed by atoms with E-state index in [0.717, 1.165) is 12.6 Å². The Balaban J connectivity index is 1.98. The Kier molecular flexibility index (Phi) is 5.42. The first-order chi connectivity index (χ1) is 9.88. The molecule has 0 amide bonds. The van der Waals surface area contributed by atoms with Gasteiger partial charge in [0.1, 0.15) is 0 Å². The average Bonchev–Trinajstić information content (AvgIpc) is 2.37. The number of nitrogens with zero attached hydrogens (tertiary/aromatic N) is 2. The summed E-state index contributed by atoms with van der Waals surface area (Å²) in [6.45, 7) is 9.84. The van der Waals surface area contributed by atoms with E-state index < -0.39 is 0 Å². The zero-order chi connectivity index (χ0) is 15.6. The maximum absolute atomic E-state index is 6.52. The molecule has 1 saturated heterocycles. The molecule has 2 rings (SSSR count). The van der Waals surface area contributed by atoms with Gasteiger partial charge in [-0.25, -0.2) is 0 Å². The van der Waals surface area contributed by atoms with Gasteiger partial charge in [0, 0.05) is 18.6 Å². The van der Waals surface area contributed by atoms with Crippen LogP contribution >= 0.6 is 0 Å². The van der Waals surface area contributed by atoms with Crippen molar-refractivity contribution in [3.05, 3.63) is 34.4 Å². The zero-order valence-electron chi connectivity index (χ0n) is 14.3. The van der Waals surface area contributed by atoms with Gasteiger partial charge in [-0.15, -0.1) is 0 Å². The molecule has 1 atom stereocenters. The van der Waals surface area contributed by atoms with E-state index in [1.807, 2.05) is 0 Å². The number of hydrogen-bond acceptors (Lipinski definition) is 3. The van der Waals surface area contributed by atoms with E-state index in [-0.39, 0.29) is 6.04 Å². The van der Waals surface area contributed by atoms with Crippen LogP contribution in [0.15, 0.2) is 12.1 Å². The van der Waals surface area contributed by atoms with Crippen molar-refractivity contribution in [2.24, 2.45) is 5.73 Å². The molecule has 1 heterocycles. The molecule has 0 aliphatic carbocycles. The van der Waals surface area contributed by atoms with E-state index in [1.165, 1.54) is 48.2 Å². The second-order valence-electron chi connectivity index (χ2n) is 6.91. The summed E-state index contributed by atoms with van der Waals surface area (Å²) in [5.41, 5.74) is 11.9. The third-order valence-electron chi connectivity index (χ3n) is 4.85. The Labute approximate surface area is 130 Å². The minimum Gasteiger partial charge on any atom is -0.323 e. The first-order valence-corrected chi connectivity index (χ1v) is 8.10. The number of nitrogens with two attached hydrogens (primary N) is 1. The van der Waals surface area contributed by atoms with Gasteiger partial charge in [0.2, 0.25) is 0 Å². The van der Waals surface area contributed by atoms with Crippen molar-refractivity contribution in [2.75, 3.05) is 33.7 Å². The molecule has 1 aliphatic rings. The van der Waals surface area contributed by atoms with Crippen molar-refractivity contribution in [1.29, 1.82) is 0 Å². The molecule has 1 aliphatic heterocycles. The normalized spacial score (nSPS) is 19.2. The molecular formula is C18H31N3. The molecule has 118 valence electrons. The summed E-state index contributed by atoms with van der Waals surface area (Å²) in [5.74, 6) is 0. The van der Waals surface area contributed by atoms with Crippen molar-refractivity contribution >= 4 is 0 Å². The van der Waals surface area contributed by atoms with Crippen LogP contribution in [0.4, 0.5) is 0 Å². The van der Waals surface area contributed by atoms with E-state index in [9.17, 15) is 0 Å². The minimum atomic E-state index is 0.126. The maximum atomic E-state index is 6.52. The summed E-state index contributed by atoms with van der Waals surface area (Å²) in [4.78, 5) is 4.88. The van der Waals surface area contributed by atoms with Crippen molar-refractivity contribution in [1.82, 2.24) is 9.80 Å². The summed E-state index contributed by atoms with van der Waals surface area (Å²) in [5, 5.41) is 0. The first kappa shape index (κ1) is 16.5. The third-order valence-corrected chi connectivity index (χ3v) is 4.85. The summed E-state index contributed by atoms with van der Waals surface area (Å²) in [6.07, 6.45) is 2.51. The van der Waals surface area contributed by atoms with Crippen LogP contribution in [-0.4, -0.2) is 49.6 Å². The van der Waals surface area contributed by atoms with Crippen LogP contribution in [0.3, 0.4) is 0 Å². The zero-order valence-corrected chi connectivity index (χ0v) is 14.3. The Hall–Kier alpha value is -0.900. The highest BCUT2D eigenvalue weighted by atomic mass is 15.2. The molecule has 0 saturated carbocycles. The number of rotatable bonds is 4. The second-order valence-corrected chi connectivity index (χ2v) is 6.91. The van der Waals surface area contributed by atoms with E-state index in [4.69, 9.17) is 5.73 Å². The van der Waals surface area contributed by atoms with Gasteiger partial charge in [0.05, 0.1) is 0 Å². The van der Waals surface area contributed by atoms with Crippen LogP contribution in [-0.2, 0) is 0 Å². The van der Waals surface area contributed by atoms with Gasteiger partial charge in [-0.2, -0.15) is 0 Å². The summed E-state index contributed by atoms with van der Waals surface area (Å²) < 4.78 is 0. The van der Waals surface area contributed by atoms with Gasteiger partial charge in [-0.05, 0) is 77.5 Å². The lowest BCUT2D eigenvalue weighted by molar-refractivity contribution is 0.139. The van der Waals surface area contributed by atoms with Gasteiger partial charge in [0.15, 0.2) is 0 Å². The quantitative estimate of drug-likeness (QED) is 0.925. The second kappa shape index (κ2) is 6.91. The lowest BCUT2D eigenvalue weighted by atomic mass is 9.93. The fourth-order valence-electron chi connectivity index (χ4n) is 3.76. The molecular weight excluding hydrogens is 258 g/mol. The SMILES string of the molecule is Cc1cc(C)c(C(N)CN2CCC(N(C)C)CC2)c(C)c1. The molecule has 3 nitrogen and oxygen atoms in total. The van der Waals surface area contributed by atoms with Crippen LogP contribution in [0.5, 0.6) is 0 Å². The van der Waals surface area contributed by atoms with Gasteiger partial charge in [0.25, 0.3) is 0 Å². The molecule has 3 heteroatoms. The first-order valence-electron chi connectivity index (χ1n) is 8.10. The van der Waals surface area contributed by atoms with Crippen LogP contribution in [0, 0.1) is 20.8 Å². The van der Waals surface area contributed by atoms with Crippen LogP contribution < -0.4 is 5.73 Å². The predicted molar refractivity (Wildman–Crippen MR) is 90.7 cm³/mol. The molecule has 1 aromatic rings. The molecule has 0 aromatic heterocycles. The van der Waals surface area contributed by atoms with Crippen LogP contribution in [0.1, 0.15) is 41.1 Å². The van der Waals surface area contributed by atoms with Crippen LogP contribution in [0.25, 0.3) is 0 Å². The standard InChI is InChI=1S/C18H31N3/c1-13-10-14(2)18(15(3)11-13)17(19)12-21-8-6-16(7-9-21)20(4)5/h10-11,16-17H,6-9,12,19H2,1-5H3. The molecule has 0 spiro atoms. The fraction of sp³-hybridized carbons (Fsp3) is 0.667. The Morgan fingerprint density at radius 2 is 1.67 bits per heavy atom. The molecule has 1 unspecified atom stereocenters. The Morgan fingerprint density at radius 1 is 1.14 bits per heavy atom. The minimum absolute atomic E-state index is 0.126. The van der Waals surface area contributed by atoms with E-state index in [0.29, 0.717) is 0 Å². The number of piperidine rings is 1. The highest BCUT2D eigenvalue weighted by Gasteiger charge is 2.23. The highest BCUT2D eigenvalue weighted by molar-refractivity contribution is 5.39. The number of likely N-dealkylation sites (tertiary alicyclic amines) is 1. The van der Waals surface area contributed by atoms with Gasteiger partial charge < -0.3 is 15.5 Å². The lowest BCUT2D eigenvalue weighted by Gasteiger charge is -2.36. The van der Waals surface area contributed by atoms with E-state index >= 15 is 0 Å². The number of benzene rings is 1.